The van der Waals surface area contributed by atoms with Crippen LogP contribution in [-0.2, 0) is 6.54 Å². The number of pyridine rings is 1. The second kappa shape index (κ2) is 6.30. The van der Waals surface area contributed by atoms with Gasteiger partial charge in [-0.05, 0) is 44.0 Å². The lowest BCUT2D eigenvalue weighted by Gasteiger charge is -2.12. The average Bonchev–Trinajstić information content (AvgIpc) is 2.98. The molecule has 0 atom stereocenters. The van der Waals surface area contributed by atoms with E-state index in [2.05, 4.69) is 19.1 Å². The van der Waals surface area contributed by atoms with Crippen LogP contribution in [0, 0.1) is 20.8 Å². The predicted octanol–water partition coefficient (Wildman–Crippen LogP) is 4.16. The first-order valence-corrected chi connectivity index (χ1v) is 8.75. The molecule has 4 rings (SSSR count). The van der Waals surface area contributed by atoms with Gasteiger partial charge in [0.25, 0.3) is 5.56 Å². The van der Waals surface area contributed by atoms with Crippen LogP contribution in [0.4, 0.5) is 0 Å². The maximum absolute atomic E-state index is 12.8. The number of hydrogen-bond donors (Lipinski definition) is 0. The van der Waals surface area contributed by atoms with Crippen LogP contribution in [0.5, 0.6) is 0 Å². The van der Waals surface area contributed by atoms with Gasteiger partial charge < -0.3 is 0 Å². The second-order valence-corrected chi connectivity index (χ2v) is 6.77. The summed E-state index contributed by atoms with van der Waals surface area (Å²) < 4.78 is 3.71. The summed E-state index contributed by atoms with van der Waals surface area (Å²) in [4.78, 5) is 12.8. The van der Waals surface area contributed by atoms with Gasteiger partial charge in [-0.3, -0.25) is 9.36 Å². The Balaban J connectivity index is 2.01. The molecule has 4 nitrogen and oxygen atoms in total. The van der Waals surface area contributed by atoms with Crippen molar-refractivity contribution >= 4 is 11.0 Å². The van der Waals surface area contributed by atoms with Gasteiger partial charge in [-0.2, -0.15) is 5.10 Å². The summed E-state index contributed by atoms with van der Waals surface area (Å²) in [5.74, 6) is 0. The van der Waals surface area contributed by atoms with Crippen molar-refractivity contribution in [2.75, 3.05) is 0 Å². The Labute approximate surface area is 152 Å². The van der Waals surface area contributed by atoms with Crippen molar-refractivity contribution in [1.29, 1.82) is 0 Å². The molecule has 0 radical (unpaired) electrons. The smallest absolute Gasteiger partial charge is 0.252 e. The van der Waals surface area contributed by atoms with Crippen LogP contribution < -0.4 is 5.56 Å². The van der Waals surface area contributed by atoms with Crippen molar-refractivity contribution in [2.24, 2.45) is 0 Å². The number of hydrogen-bond acceptors (Lipinski definition) is 2. The van der Waals surface area contributed by atoms with Crippen molar-refractivity contribution < 1.29 is 0 Å². The predicted molar refractivity (Wildman–Crippen MR) is 105 cm³/mol. The van der Waals surface area contributed by atoms with Crippen LogP contribution in [0.15, 0.2) is 65.5 Å². The highest BCUT2D eigenvalue weighted by atomic mass is 16.1. The third-order valence-corrected chi connectivity index (χ3v) is 4.75. The Morgan fingerprint density at radius 2 is 1.62 bits per heavy atom. The summed E-state index contributed by atoms with van der Waals surface area (Å²) in [5.41, 5.74) is 5.98. The SMILES string of the molecule is Cc1ccc(-n2nc(C)c3c(C)cc(=O)n(Cc4ccccc4)c32)cc1. The fraction of sp³-hybridized carbons (Fsp3) is 0.182. The molecule has 0 saturated heterocycles. The highest BCUT2D eigenvalue weighted by Gasteiger charge is 2.17. The average molecular weight is 343 g/mol. The maximum atomic E-state index is 12.8. The van der Waals surface area contributed by atoms with Gasteiger partial charge in [0.15, 0.2) is 0 Å². The largest absolute Gasteiger partial charge is 0.288 e. The summed E-state index contributed by atoms with van der Waals surface area (Å²) in [6.07, 6.45) is 0. The molecule has 2 aromatic carbocycles. The van der Waals surface area contributed by atoms with Crippen LogP contribution in [-0.4, -0.2) is 14.3 Å². The molecule has 0 bridgehead atoms. The molecule has 26 heavy (non-hydrogen) atoms. The first-order valence-electron chi connectivity index (χ1n) is 8.75. The van der Waals surface area contributed by atoms with Gasteiger partial charge in [0.1, 0.15) is 5.65 Å². The number of aromatic nitrogens is 3. The molecule has 130 valence electrons. The van der Waals surface area contributed by atoms with E-state index in [1.54, 1.807) is 6.07 Å². The molecule has 0 aliphatic rings. The van der Waals surface area contributed by atoms with E-state index in [0.29, 0.717) is 6.54 Å². The molecule has 0 fully saturated rings. The molecule has 4 aromatic rings. The molecule has 0 N–H and O–H groups in total. The summed E-state index contributed by atoms with van der Waals surface area (Å²) in [5, 5.41) is 5.79. The van der Waals surface area contributed by atoms with E-state index >= 15 is 0 Å². The zero-order valence-electron chi connectivity index (χ0n) is 15.2. The Morgan fingerprint density at radius 3 is 2.31 bits per heavy atom. The first kappa shape index (κ1) is 16.3. The standard InChI is InChI=1S/C22H21N3O/c1-15-9-11-19(12-10-15)25-22-21(17(3)23-25)16(2)13-20(26)24(22)14-18-7-5-4-6-8-18/h4-13H,14H2,1-3H3. The minimum atomic E-state index is -0.00730. The third-order valence-electron chi connectivity index (χ3n) is 4.75. The minimum absolute atomic E-state index is 0.00730. The normalized spacial score (nSPS) is 11.2. The van der Waals surface area contributed by atoms with Crippen molar-refractivity contribution in [2.45, 2.75) is 27.3 Å². The highest BCUT2D eigenvalue weighted by molar-refractivity contribution is 5.83. The van der Waals surface area contributed by atoms with E-state index in [1.807, 2.05) is 65.6 Å². The lowest BCUT2D eigenvalue weighted by atomic mass is 10.1. The van der Waals surface area contributed by atoms with Gasteiger partial charge >= 0.3 is 0 Å². The van der Waals surface area contributed by atoms with Gasteiger partial charge in [-0.15, -0.1) is 0 Å². The molecule has 0 aliphatic heterocycles. The van der Waals surface area contributed by atoms with E-state index in [1.165, 1.54) is 5.56 Å². The zero-order valence-corrected chi connectivity index (χ0v) is 15.2. The number of rotatable bonds is 3. The van der Waals surface area contributed by atoms with Crippen LogP contribution in [0.1, 0.15) is 22.4 Å². The molecule has 0 saturated carbocycles. The van der Waals surface area contributed by atoms with E-state index in [-0.39, 0.29) is 5.56 Å². The van der Waals surface area contributed by atoms with Crippen molar-refractivity contribution in [1.82, 2.24) is 14.3 Å². The molecule has 0 spiro atoms. The van der Waals surface area contributed by atoms with Gasteiger partial charge in [-0.1, -0.05) is 48.0 Å². The summed E-state index contributed by atoms with van der Waals surface area (Å²) in [6, 6.07) is 20.0. The van der Waals surface area contributed by atoms with Crippen LogP contribution in [0.3, 0.4) is 0 Å². The number of aryl methyl sites for hydroxylation is 3. The maximum Gasteiger partial charge on any atom is 0.252 e. The highest BCUT2D eigenvalue weighted by Crippen LogP contribution is 2.24. The fourth-order valence-corrected chi connectivity index (χ4v) is 3.45. The minimum Gasteiger partial charge on any atom is -0.288 e. The molecule has 2 aromatic heterocycles. The van der Waals surface area contributed by atoms with Gasteiger partial charge in [-0.25, -0.2) is 4.68 Å². The molecular weight excluding hydrogens is 322 g/mol. The van der Waals surface area contributed by atoms with Gasteiger partial charge in [0.05, 0.1) is 17.9 Å². The Hall–Kier alpha value is -3.14. The van der Waals surface area contributed by atoms with Crippen LogP contribution in [0.25, 0.3) is 16.7 Å². The van der Waals surface area contributed by atoms with Gasteiger partial charge in [0.2, 0.25) is 0 Å². The number of fused-ring (bicyclic) bond motifs is 1. The molecule has 4 heteroatoms. The monoisotopic (exact) mass is 343 g/mol. The Kier molecular flexibility index (Phi) is 3.96. The summed E-state index contributed by atoms with van der Waals surface area (Å²) in [6.45, 7) is 6.56. The van der Waals surface area contributed by atoms with Crippen molar-refractivity contribution in [3.05, 3.63) is 93.4 Å². The second-order valence-electron chi connectivity index (χ2n) is 6.77. The van der Waals surface area contributed by atoms with Crippen molar-refractivity contribution in [3.8, 4) is 5.69 Å². The summed E-state index contributed by atoms with van der Waals surface area (Å²) >= 11 is 0. The van der Waals surface area contributed by atoms with Crippen molar-refractivity contribution in [3.63, 3.8) is 0 Å². The number of nitrogens with zero attached hydrogens (tertiary/aromatic N) is 3. The van der Waals surface area contributed by atoms with Crippen LogP contribution in [0.2, 0.25) is 0 Å². The van der Waals surface area contributed by atoms with E-state index in [0.717, 1.165) is 33.5 Å². The Bertz CT molecular complexity index is 1140. The van der Waals surface area contributed by atoms with Gasteiger partial charge in [0, 0.05) is 11.5 Å². The van der Waals surface area contributed by atoms with E-state index in [9.17, 15) is 4.79 Å². The topological polar surface area (TPSA) is 39.8 Å². The first-order chi connectivity index (χ1) is 12.5. The quantitative estimate of drug-likeness (QED) is 0.560. The molecular formula is C22H21N3O. The molecule has 2 heterocycles. The molecule has 0 unspecified atom stereocenters. The third kappa shape index (κ3) is 2.73. The lowest BCUT2D eigenvalue weighted by Crippen LogP contribution is -2.22. The lowest BCUT2D eigenvalue weighted by molar-refractivity contribution is 0.750. The zero-order chi connectivity index (χ0) is 18.3. The number of benzene rings is 2. The Morgan fingerprint density at radius 1 is 0.923 bits per heavy atom. The summed E-state index contributed by atoms with van der Waals surface area (Å²) in [7, 11) is 0. The fourth-order valence-electron chi connectivity index (χ4n) is 3.45. The molecule has 0 aliphatic carbocycles. The molecule has 0 amide bonds. The van der Waals surface area contributed by atoms with E-state index < -0.39 is 0 Å². The van der Waals surface area contributed by atoms with E-state index in [4.69, 9.17) is 5.10 Å². The van der Waals surface area contributed by atoms with Crippen LogP contribution >= 0.6 is 0 Å².